The number of rotatable bonds is 5. The Morgan fingerprint density at radius 1 is 1.27 bits per heavy atom. The van der Waals surface area contributed by atoms with Crippen molar-refractivity contribution in [2.24, 2.45) is 5.73 Å². The lowest BCUT2D eigenvalue weighted by Crippen LogP contribution is -2.14. The molecule has 114 valence electrons. The summed E-state index contributed by atoms with van der Waals surface area (Å²) in [4.78, 5) is 24.4. The number of amides is 2. The van der Waals surface area contributed by atoms with E-state index in [1.54, 1.807) is 12.1 Å². The van der Waals surface area contributed by atoms with Gasteiger partial charge in [-0.15, -0.1) is 11.3 Å². The zero-order chi connectivity index (χ0) is 16.1. The minimum absolute atomic E-state index is 0.285. The largest absolute Gasteiger partial charge is 0.366 e. The van der Waals surface area contributed by atoms with E-state index in [1.165, 1.54) is 23.0 Å². The van der Waals surface area contributed by atoms with Crippen LogP contribution in [0.4, 0.5) is 5.00 Å². The van der Waals surface area contributed by atoms with Crippen LogP contribution in [0, 0.1) is 6.92 Å². The number of carbonyl (C=O) groups excluding carboxylic acids is 2. The second-order valence-electron chi connectivity index (χ2n) is 4.91. The van der Waals surface area contributed by atoms with Crippen LogP contribution in [0.25, 0.3) is 6.08 Å². The maximum atomic E-state index is 12.0. The molecule has 0 atom stereocenters. The number of nitrogens with one attached hydrogen (secondary N) is 1. The molecule has 0 spiro atoms. The van der Waals surface area contributed by atoms with E-state index in [9.17, 15) is 9.59 Å². The number of nitrogens with two attached hydrogens (primary N) is 1. The summed E-state index contributed by atoms with van der Waals surface area (Å²) in [7, 11) is 0. The number of aryl methyl sites for hydroxylation is 2. The van der Waals surface area contributed by atoms with Crippen molar-refractivity contribution in [3.05, 3.63) is 58.0 Å². The third kappa shape index (κ3) is 4.05. The SMILES string of the molecule is CCc1cc(C(N)=O)c(NC(=O)/C=C/c2ccc(C)cc2)s1. The first-order valence-electron chi connectivity index (χ1n) is 6.98. The molecule has 0 bridgehead atoms. The van der Waals surface area contributed by atoms with Crippen LogP contribution in [0.1, 0.15) is 33.3 Å². The first-order valence-corrected chi connectivity index (χ1v) is 7.79. The number of primary amides is 1. The Morgan fingerprint density at radius 2 is 1.95 bits per heavy atom. The molecule has 1 aromatic heterocycles. The molecule has 22 heavy (non-hydrogen) atoms. The Kier molecular flexibility index (Phi) is 5.12. The van der Waals surface area contributed by atoms with Crippen LogP contribution in [0.15, 0.2) is 36.4 Å². The number of hydrogen-bond acceptors (Lipinski definition) is 3. The molecule has 2 rings (SSSR count). The van der Waals surface area contributed by atoms with Gasteiger partial charge in [0.1, 0.15) is 5.00 Å². The van der Waals surface area contributed by atoms with E-state index in [2.05, 4.69) is 5.32 Å². The highest BCUT2D eigenvalue weighted by Crippen LogP contribution is 2.28. The van der Waals surface area contributed by atoms with Gasteiger partial charge in [0.05, 0.1) is 5.56 Å². The zero-order valence-corrected chi connectivity index (χ0v) is 13.4. The van der Waals surface area contributed by atoms with Crippen molar-refractivity contribution in [1.29, 1.82) is 0 Å². The Balaban J connectivity index is 2.10. The minimum Gasteiger partial charge on any atom is -0.366 e. The Bertz CT molecular complexity index is 715. The van der Waals surface area contributed by atoms with Gasteiger partial charge in [-0.05, 0) is 31.1 Å². The number of thiophene rings is 1. The standard InChI is InChI=1S/C17H18N2O2S/c1-3-13-10-14(16(18)21)17(22-13)19-15(20)9-8-12-6-4-11(2)5-7-12/h4-10H,3H2,1-2H3,(H2,18,21)(H,19,20)/b9-8+. The lowest BCUT2D eigenvalue weighted by Gasteiger charge is -2.01. The van der Waals surface area contributed by atoms with E-state index in [1.807, 2.05) is 38.1 Å². The predicted octanol–water partition coefficient (Wildman–Crippen LogP) is 3.37. The second kappa shape index (κ2) is 7.04. The zero-order valence-electron chi connectivity index (χ0n) is 12.6. The van der Waals surface area contributed by atoms with Crippen LogP contribution in [-0.2, 0) is 11.2 Å². The lowest BCUT2D eigenvalue weighted by atomic mass is 10.1. The van der Waals surface area contributed by atoms with Crippen molar-refractivity contribution in [3.63, 3.8) is 0 Å². The van der Waals surface area contributed by atoms with E-state index in [4.69, 9.17) is 5.73 Å². The smallest absolute Gasteiger partial charge is 0.251 e. The van der Waals surface area contributed by atoms with Crippen molar-refractivity contribution in [1.82, 2.24) is 0 Å². The molecule has 0 saturated heterocycles. The normalized spacial score (nSPS) is 10.8. The number of benzene rings is 1. The van der Waals surface area contributed by atoms with E-state index in [-0.39, 0.29) is 5.91 Å². The summed E-state index contributed by atoms with van der Waals surface area (Å²) in [6.07, 6.45) is 3.97. The summed E-state index contributed by atoms with van der Waals surface area (Å²) in [6.45, 7) is 3.99. The van der Waals surface area contributed by atoms with Gasteiger partial charge in [0, 0.05) is 11.0 Å². The van der Waals surface area contributed by atoms with E-state index >= 15 is 0 Å². The predicted molar refractivity (Wildman–Crippen MR) is 91.1 cm³/mol. The molecule has 4 nitrogen and oxygen atoms in total. The van der Waals surface area contributed by atoms with Crippen LogP contribution in [0.5, 0.6) is 0 Å². The number of anilines is 1. The fraction of sp³-hybridized carbons (Fsp3) is 0.176. The van der Waals surface area contributed by atoms with Gasteiger partial charge in [0.2, 0.25) is 5.91 Å². The Morgan fingerprint density at radius 3 is 2.55 bits per heavy atom. The van der Waals surface area contributed by atoms with Crippen LogP contribution in [0.2, 0.25) is 0 Å². The monoisotopic (exact) mass is 314 g/mol. The van der Waals surface area contributed by atoms with Crippen molar-refractivity contribution < 1.29 is 9.59 Å². The molecule has 0 radical (unpaired) electrons. The molecule has 1 aromatic carbocycles. The van der Waals surface area contributed by atoms with Crippen LogP contribution in [-0.4, -0.2) is 11.8 Å². The Hall–Kier alpha value is -2.40. The lowest BCUT2D eigenvalue weighted by molar-refractivity contribution is -0.111. The number of carbonyl (C=O) groups is 2. The molecule has 3 N–H and O–H groups in total. The van der Waals surface area contributed by atoms with E-state index in [0.29, 0.717) is 10.6 Å². The summed E-state index contributed by atoms with van der Waals surface area (Å²) >= 11 is 1.37. The topological polar surface area (TPSA) is 72.2 Å². The average Bonchev–Trinajstić information content (AvgIpc) is 2.90. The summed E-state index contributed by atoms with van der Waals surface area (Å²) in [5.74, 6) is -0.818. The van der Waals surface area contributed by atoms with Crippen molar-refractivity contribution in [2.75, 3.05) is 5.32 Å². The molecule has 2 aromatic rings. The summed E-state index contributed by atoms with van der Waals surface area (Å²) in [5, 5.41) is 3.22. The highest BCUT2D eigenvalue weighted by Gasteiger charge is 2.14. The molecule has 0 unspecified atom stereocenters. The van der Waals surface area contributed by atoms with Gasteiger partial charge in [-0.25, -0.2) is 0 Å². The molecule has 0 aliphatic rings. The van der Waals surface area contributed by atoms with Gasteiger partial charge in [-0.1, -0.05) is 36.8 Å². The van der Waals surface area contributed by atoms with Gasteiger partial charge in [-0.3, -0.25) is 9.59 Å². The summed E-state index contributed by atoms with van der Waals surface area (Å²) in [5.41, 5.74) is 7.80. The molecular weight excluding hydrogens is 296 g/mol. The second-order valence-corrected chi connectivity index (χ2v) is 6.04. The molecule has 0 saturated carbocycles. The molecule has 0 aliphatic heterocycles. The van der Waals surface area contributed by atoms with Gasteiger partial charge in [0.15, 0.2) is 0 Å². The third-order valence-corrected chi connectivity index (χ3v) is 4.33. The van der Waals surface area contributed by atoms with E-state index < -0.39 is 5.91 Å². The van der Waals surface area contributed by atoms with Crippen LogP contribution in [0.3, 0.4) is 0 Å². The van der Waals surface area contributed by atoms with Crippen LogP contribution >= 0.6 is 11.3 Å². The minimum atomic E-state index is -0.534. The fourth-order valence-electron chi connectivity index (χ4n) is 1.90. The summed E-state index contributed by atoms with van der Waals surface area (Å²) in [6, 6.07) is 9.57. The first-order chi connectivity index (χ1) is 10.5. The highest BCUT2D eigenvalue weighted by atomic mass is 32.1. The van der Waals surface area contributed by atoms with Crippen molar-refractivity contribution in [2.45, 2.75) is 20.3 Å². The van der Waals surface area contributed by atoms with Gasteiger partial charge in [0.25, 0.3) is 5.91 Å². The van der Waals surface area contributed by atoms with Crippen molar-refractivity contribution in [3.8, 4) is 0 Å². The maximum Gasteiger partial charge on any atom is 0.251 e. The molecule has 0 aliphatic carbocycles. The highest BCUT2D eigenvalue weighted by molar-refractivity contribution is 7.16. The molecule has 1 heterocycles. The van der Waals surface area contributed by atoms with E-state index in [0.717, 1.165) is 16.9 Å². The molecule has 5 heteroatoms. The van der Waals surface area contributed by atoms with Gasteiger partial charge >= 0.3 is 0 Å². The number of hydrogen-bond donors (Lipinski definition) is 2. The van der Waals surface area contributed by atoms with Crippen LogP contribution < -0.4 is 11.1 Å². The van der Waals surface area contributed by atoms with Gasteiger partial charge < -0.3 is 11.1 Å². The molecule has 2 amide bonds. The molecular formula is C17H18N2O2S. The fourth-order valence-corrected chi connectivity index (χ4v) is 2.90. The molecule has 0 fully saturated rings. The summed E-state index contributed by atoms with van der Waals surface area (Å²) < 4.78 is 0. The average molecular weight is 314 g/mol. The Labute approximate surface area is 133 Å². The van der Waals surface area contributed by atoms with Crippen molar-refractivity contribution >= 4 is 34.2 Å². The quantitative estimate of drug-likeness (QED) is 0.831. The van der Waals surface area contributed by atoms with Gasteiger partial charge in [-0.2, -0.15) is 0 Å². The third-order valence-electron chi connectivity index (χ3n) is 3.14. The first kappa shape index (κ1) is 16.0. The maximum absolute atomic E-state index is 12.0.